The number of fused-ring (bicyclic) bond motifs is 3. The quantitative estimate of drug-likeness (QED) is 0.514. The Balaban J connectivity index is 1.97. The van der Waals surface area contributed by atoms with Gasteiger partial charge in [0.15, 0.2) is 5.52 Å². The zero-order chi connectivity index (χ0) is 18.7. The third-order valence-corrected chi connectivity index (χ3v) is 5.12. The number of halogens is 3. The van der Waals surface area contributed by atoms with Gasteiger partial charge in [0.05, 0.1) is 22.4 Å². The van der Waals surface area contributed by atoms with Crippen molar-refractivity contribution >= 4 is 33.5 Å². The van der Waals surface area contributed by atoms with Crippen LogP contribution in [-0.4, -0.2) is 19.1 Å². The number of alkyl halides is 2. The van der Waals surface area contributed by atoms with Crippen molar-refractivity contribution in [2.45, 2.75) is 25.3 Å². The van der Waals surface area contributed by atoms with Gasteiger partial charge < -0.3 is 0 Å². The largest absolute Gasteiger partial charge is 0.320 e. The zero-order valence-corrected chi connectivity index (χ0v) is 14.7. The number of aromatic nitrogens is 4. The van der Waals surface area contributed by atoms with Crippen LogP contribution in [0, 0.1) is 0 Å². The van der Waals surface area contributed by atoms with Gasteiger partial charge in [0.1, 0.15) is 6.33 Å². The normalized spacial score (nSPS) is 14.5. The SMILES string of the molecule is O=c1c2ncn(C(F)F)c2c2ccc(Cl)cc2n1-c1cccnc1C1CC1. The average Bonchev–Trinajstić information content (AvgIpc) is 3.39. The van der Waals surface area contributed by atoms with E-state index in [2.05, 4.69) is 9.97 Å². The predicted molar refractivity (Wildman–Crippen MR) is 98.9 cm³/mol. The number of pyridine rings is 2. The van der Waals surface area contributed by atoms with Crippen LogP contribution in [0.15, 0.2) is 47.7 Å². The molecular formula is C19H13ClF2N4O. The van der Waals surface area contributed by atoms with Gasteiger partial charge in [-0.15, -0.1) is 0 Å². The summed E-state index contributed by atoms with van der Waals surface area (Å²) < 4.78 is 29.1. The molecule has 1 fully saturated rings. The summed E-state index contributed by atoms with van der Waals surface area (Å²) in [7, 11) is 0. The minimum Gasteiger partial charge on any atom is -0.273 e. The molecule has 0 saturated heterocycles. The molecule has 3 heterocycles. The Hall–Kier alpha value is -2.80. The fourth-order valence-electron chi connectivity index (χ4n) is 3.55. The second-order valence-corrected chi connectivity index (χ2v) is 7.05. The number of rotatable bonds is 3. The van der Waals surface area contributed by atoms with Crippen LogP contribution < -0.4 is 5.56 Å². The van der Waals surface area contributed by atoms with Crippen LogP contribution in [0.3, 0.4) is 0 Å². The molecule has 1 aliphatic carbocycles. The van der Waals surface area contributed by atoms with Crippen LogP contribution in [0.4, 0.5) is 8.78 Å². The van der Waals surface area contributed by atoms with Crippen molar-refractivity contribution in [3.8, 4) is 5.69 Å². The topological polar surface area (TPSA) is 52.7 Å². The summed E-state index contributed by atoms with van der Waals surface area (Å²) in [6.45, 7) is -2.80. The monoisotopic (exact) mass is 386 g/mol. The van der Waals surface area contributed by atoms with Gasteiger partial charge in [0.25, 0.3) is 5.56 Å². The highest BCUT2D eigenvalue weighted by Crippen LogP contribution is 2.42. The number of benzene rings is 1. The summed E-state index contributed by atoms with van der Waals surface area (Å²) in [5, 5.41) is 0.896. The van der Waals surface area contributed by atoms with Gasteiger partial charge in [0, 0.05) is 22.5 Å². The Morgan fingerprint density at radius 3 is 2.74 bits per heavy atom. The summed E-state index contributed by atoms with van der Waals surface area (Å²) in [6.07, 6.45) is 4.72. The van der Waals surface area contributed by atoms with E-state index in [9.17, 15) is 13.6 Å². The van der Waals surface area contributed by atoms with Crippen molar-refractivity contribution in [2.75, 3.05) is 0 Å². The number of hydrogen-bond acceptors (Lipinski definition) is 3. The third kappa shape index (κ3) is 2.45. The van der Waals surface area contributed by atoms with Gasteiger partial charge in [-0.1, -0.05) is 11.6 Å². The smallest absolute Gasteiger partial charge is 0.273 e. The highest BCUT2D eigenvalue weighted by molar-refractivity contribution is 6.31. The molecule has 0 radical (unpaired) electrons. The predicted octanol–water partition coefficient (Wildman–Crippen LogP) is 4.66. The minimum atomic E-state index is -2.80. The van der Waals surface area contributed by atoms with Gasteiger partial charge in [-0.3, -0.25) is 18.9 Å². The Labute approximate surface area is 156 Å². The van der Waals surface area contributed by atoms with Crippen LogP contribution in [0.1, 0.15) is 31.0 Å². The zero-order valence-electron chi connectivity index (χ0n) is 13.9. The molecule has 5 rings (SSSR count). The summed E-state index contributed by atoms with van der Waals surface area (Å²) in [6, 6.07) is 8.45. The van der Waals surface area contributed by atoms with Crippen molar-refractivity contribution in [1.29, 1.82) is 0 Å². The molecule has 1 aliphatic rings. The molecule has 1 aromatic carbocycles. The summed E-state index contributed by atoms with van der Waals surface area (Å²) in [5.74, 6) is 0.302. The lowest BCUT2D eigenvalue weighted by molar-refractivity contribution is 0.0748. The molecule has 4 aromatic rings. The first kappa shape index (κ1) is 16.4. The summed E-state index contributed by atoms with van der Waals surface area (Å²) in [5.41, 5.74) is 1.57. The van der Waals surface area contributed by atoms with E-state index in [0.29, 0.717) is 32.1 Å². The first-order chi connectivity index (χ1) is 13.1. The summed E-state index contributed by atoms with van der Waals surface area (Å²) >= 11 is 6.17. The van der Waals surface area contributed by atoms with E-state index in [4.69, 9.17) is 11.6 Å². The lowest BCUT2D eigenvalue weighted by Gasteiger charge is -2.15. The molecule has 0 unspecified atom stereocenters. The maximum atomic E-state index is 13.4. The second kappa shape index (κ2) is 5.85. The van der Waals surface area contributed by atoms with E-state index in [-0.39, 0.29) is 11.0 Å². The molecule has 5 nitrogen and oxygen atoms in total. The molecule has 0 amide bonds. The fourth-order valence-corrected chi connectivity index (χ4v) is 3.71. The molecule has 0 bridgehead atoms. The van der Waals surface area contributed by atoms with E-state index < -0.39 is 12.1 Å². The van der Waals surface area contributed by atoms with E-state index in [1.54, 1.807) is 30.5 Å². The lowest BCUT2D eigenvalue weighted by atomic mass is 10.1. The van der Waals surface area contributed by atoms with E-state index >= 15 is 0 Å². The fraction of sp³-hybridized carbons (Fsp3) is 0.211. The second-order valence-electron chi connectivity index (χ2n) is 6.61. The number of imidazole rings is 1. The van der Waals surface area contributed by atoms with Gasteiger partial charge >= 0.3 is 6.55 Å². The van der Waals surface area contributed by atoms with Crippen molar-refractivity contribution < 1.29 is 8.78 Å². The Bertz CT molecular complexity index is 1260. The van der Waals surface area contributed by atoms with Crippen molar-refractivity contribution in [3.63, 3.8) is 0 Å². The average molecular weight is 387 g/mol. The molecule has 8 heteroatoms. The van der Waals surface area contributed by atoms with Crippen molar-refractivity contribution in [3.05, 3.63) is 63.9 Å². The summed E-state index contributed by atoms with van der Waals surface area (Å²) in [4.78, 5) is 21.7. The van der Waals surface area contributed by atoms with Gasteiger partial charge in [0.2, 0.25) is 0 Å². The molecule has 27 heavy (non-hydrogen) atoms. The molecule has 0 spiro atoms. The first-order valence-electron chi connectivity index (χ1n) is 8.50. The standard InChI is InChI=1S/C19H13ClF2N4O/c20-11-5-6-12-14(8-11)26(13-2-1-7-23-15(13)10-3-4-10)18(27)16-17(12)25(9-24-16)19(21)22/h1-2,5-10,19H,3-4H2. The maximum absolute atomic E-state index is 13.4. The van der Waals surface area contributed by atoms with Crippen LogP contribution in [0.5, 0.6) is 0 Å². The maximum Gasteiger partial charge on any atom is 0.320 e. The minimum absolute atomic E-state index is 0.00396. The van der Waals surface area contributed by atoms with Gasteiger partial charge in [-0.25, -0.2) is 4.98 Å². The highest BCUT2D eigenvalue weighted by atomic mass is 35.5. The van der Waals surface area contributed by atoms with Crippen LogP contribution in [-0.2, 0) is 0 Å². The number of hydrogen-bond donors (Lipinski definition) is 0. The van der Waals surface area contributed by atoms with E-state index in [1.807, 2.05) is 6.07 Å². The molecule has 1 saturated carbocycles. The molecule has 3 aromatic heterocycles. The van der Waals surface area contributed by atoms with Crippen LogP contribution in [0.2, 0.25) is 5.02 Å². The Morgan fingerprint density at radius 1 is 1.19 bits per heavy atom. The Kier molecular flexibility index (Phi) is 3.55. The van der Waals surface area contributed by atoms with E-state index in [0.717, 1.165) is 24.9 Å². The first-order valence-corrected chi connectivity index (χ1v) is 8.88. The van der Waals surface area contributed by atoms with Crippen LogP contribution >= 0.6 is 11.6 Å². The molecule has 0 aliphatic heterocycles. The van der Waals surface area contributed by atoms with Gasteiger partial charge in [-0.2, -0.15) is 8.78 Å². The Morgan fingerprint density at radius 2 is 2.00 bits per heavy atom. The molecular weight excluding hydrogens is 374 g/mol. The van der Waals surface area contributed by atoms with Crippen molar-refractivity contribution in [1.82, 2.24) is 19.1 Å². The molecule has 136 valence electrons. The third-order valence-electron chi connectivity index (χ3n) is 4.89. The highest BCUT2D eigenvalue weighted by Gasteiger charge is 2.29. The van der Waals surface area contributed by atoms with Crippen molar-refractivity contribution in [2.24, 2.45) is 0 Å². The molecule has 0 N–H and O–H groups in total. The van der Waals surface area contributed by atoms with E-state index in [1.165, 1.54) is 4.57 Å². The van der Waals surface area contributed by atoms with Crippen LogP contribution in [0.25, 0.3) is 27.6 Å². The van der Waals surface area contributed by atoms with Gasteiger partial charge in [-0.05, 0) is 43.2 Å². The molecule has 0 atom stereocenters. The number of nitrogens with zero attached hydrogens (tertiary/aromatic N) is 4. The lowest BCUT2D eigenvalue weighted by Crippen LogP contribution is -2.21.